The van der Waals surface area contributed by atoms with E-state index in [4.69, 9.17) is 4.74 Å². The molecular weight excluding hydrogens is 363 g/mol. The average molecular weight is 392 g/mol. The number of carbonyl (C=O) groups is 2. The van der Waals surface area contributed by atoms with Gasteiger partial charge in [0.25, 0.3) is 0 Å². The van der Waals surface area contributed by atoms with Gasteiger partial charge in [0.05, 0.1) is 25.3 Å². The molecule has 0 aliphatic carbocycles. The second-order valence-corrected chi connectivity index (χ2v) is 7.66. The number of hydrogen-bond donors (Lipinski definition) is 1. The summed E-state index contributed by atoms with van der Waals surface area (Å²) in [5, 5.41) is 2.78. The lowest BCUT2D eigenvalue weighted by molar-refractivity contribution is -0.144. The van der Waals surface area contributed by atoms with Crippen molar-refractivity contribution in [3.8, 4) is 0 Å². The number of piperazine rings is 1. The number of nitrogens with zero attached hydrogens (tertiary/aromatic N) is 3. The molecule has 2 fully saturated rings. The molecule has 3 rings (SSSR count). The number of nitrogens with one attached hydrogen (secondary N) is 1. The van der Waals surface area contributed by atoms with Crippen LogP contribution in [0, 0.1) is 5.82 Å². The van der Waals surface area contributed by atoms with E-state index in [1.165, 1.54) is 12.1 Å². The van der Waals surface area contributed by atoms with E-state index in [9.17, 15) is 14.0 Å². The fraction of sp³-hybridized carbons (Fsp3) is 0.600. The molecule has 1 aromatic rings. The summed E-state index contributed by atoms with van der Waals surface area (Å²) < 4.78 is 18.6. The summed E-state index contributed by atoms with van der Waals surface area (Å²) in [6, 6.07) is 5.73. The topological polar surface area (TPSA) is 65.1 Å². The molecule has 1 N–H and O–H groups in total. The Labute approximate surface area is 165 Å². The summed E-state index contributed by atoms with van der Waals surface area (Å²) in [6.07, 6.45) is 0.147. The van der Waals surface area contributed by atoms with E-state index in [-0.39, 0.29) is 36.4 Å². The van der Waals surface area contributed by atoms with Crippen molar-refractivity contribution in [2.45, 2.75) is 26.1 Å². The fourth-order valence-electron chi connectivity index (χ4n) is 3.72. The minimum absolute atomic E-state index is 0.0733. The van der Waals surface area contributed by atoms with E-state index >= 15 is 0 Å². The van der Waals surface area contributed by atoms with Crippen LogP contribution in [0.5, 0.6) is 0 Å². The van der Waals surface area contributed by atoms with Crippen LogP contribution in [0.15, 0.2) is 24.3 Å². The molecule has 1 aromatic carbocycles. The van der Waals surface area contributed by atoms with E-state index in [1.54, 1.807) is 12.1 Å². The van der Waals surface area contributed by atoms with Crippen LogP contribution >= 0.6 is 0 Å². The van der Waals surface area contributed by atoms with Gasteiger partial charge >= 0.3 is 0 Å². The number of morpholine rings is 1. The Morgan fingerprint density at radius 3 is 2.11 bits per heavy atom. The fourth-order valence-corrected chi connectivity index (χ4v) is 3.72. The van der Waals surface area contributed by atoms with Crippen LogP contribution in [-0.4, -0.2) is 91.1 Å². The molecule has 8 heteroatoms. The van der Waals surface area contributed by atoms with Gasteiger partial charge in [-0.25, -0.2) is 4.39 Å². The molecule has 0 aromatic heterocycles. The van der Waals surface area contributed by atoms with Gasteiger partial charge < -0.3 is 15.0 Å². The zero-order chi connectivity index (χ0) is 20.1. The molecule has 2 aliphatic heterocycles. The van der Waals surface area contributed by atoms with Crippen molar-refractivity contribution in [2.75, 3.05) is 57.7 Å². The van der Waals surface area contributed by atoms with Gasteiger partial charge in [-0.05, 0) is 38.1 Å². The predicted octanol–water partition coefficient (Wildman–Crippen LogP) is 1.02. The molecule has 0 radical (unpaired) electrons. The molecule has 0 bridgehead atoms. The molecule has 2 aliphatic rings. The van der Waals surface area contributed by atoms with Crippen LogP contribution in [-0.2, 0) is 14.3 Å². The lowest BCUT2D eigenvalue weighted by Gasteiger charge is -2.38. The van der Waals surface area contributed by atoms with Gasteiger partial charge in [-0.1, -0.05) is 0 Å². The van der Waals surface area contributed by atoms with Crippen LogP contribution in [0.2, 0.25) is 0 Å². The summed E-state index contributed by atoms with van der Waals surface area (Å²) in [7, 11) is 0. The van der Waals surface area contributed by atoms with Crippen LogP contribution in [0.25, 0.3) is 0 Å². The third kappa shape index (κ3) is 5.98. The number of hydrogen-bond acceptors (Lipinski definition) is 5. The number of rotatable bonds is 5. The van der Waals surface area contributed by atoms with Crippen molar-refractivity contribution >= 4 is 17.5 Å². The van der Waals surface area contributed by atoms with Gasteiger partial charge in [0, 0.05) is 45.0 Å². The number of anilines is 1. The number of carbonyl (C=O) groups excluding carboxylic acids is 2. The Hall–Kier alpha value is -2.03. The maximum Gasteiger partial charge on any atom is 0.238 e. The van der Waals surface area contributed by atoms with Crippen LogP contribution in [0.1, 0.15) is 13.8 Å². The molecule has 2 atom stereocenters. The van der Waals surface area contributed by atoms with E-state index < -0.39 is 0 Å². The number of benzene rings is 1. The Morgan fingerprint density at radius 2 is 1.54 bits per heavy atom. The maximum atomic E-state index is 12.9. The smallest absolute Gasteiger partial charge is 0.238 e. The van der Waals surface area contributed by atoms with Crippen molar-refractivity contribution in [2.24, 2.45) is 0 Å². The van der Waals surface area contributed by atoms with Crippen LogP contribution in [0.4, 0.5) is 10.1 Å². The van der Waals surface area contributed by atoms with Crippen molar-refractivity contribution in [3.05, 3.63) is 30.1 Å². The minimum atomic E-state index is -0.329. The molecule has 154 valence electrons. The monoisotopic (exact) mass is 392 g/mol. The molecule has 2 saturated heterocycles. The zero-order valence-corrected chi connectivity index (χ0v) is 16.6. The lowest BCUT2D eigenvalue weighted by Crippen LogP contribution is -2.54. The minimum Gasteiger partial charge on any atom is -0.372 e. The Morgan fingerprint density at radius 1 is 1.00 bits per heavy atom. The van der Waals surface area contributed by atoms with Gasteiger partial charge in [-0.2, -0.15) is 0 Å². The Kier molecular flexibility index (Phi) is 6.98. The lowest BCUT2D eigenvalue weighted by atomic mass is 10.2. The molecule has 2 amide bonds. The Bertz CT molecular complexity index is 667. The second-order valence-electron chi connectivity index (χ2n) is 7.66. The summed E-state index contributed by atoms with van der Waals surface area (Å²) >= 11 is 0. The highest BCUT2D eigenvalue weighted by Crippen LogP contribution is 2.12. The zero-order valence-electron chi connectivity index (χ0n) is 16.6. The quantitative estimate of drug-likeness (QED) is 0.811. The first-order valence-electron chi connectivity index (χ1n) is 9.82. The molecular formula is C20H29FN4O3. The number of amides is 2. The largest absolute Gasteiger partial charge is 0.372 e. The van der Waals surface area contributed by atoms with E-state index in [2.05, 4.69) is 15.1 Å². The number of ether oxygens (including phenoxy) is 1. The summed E-state index contributed by atoms with van der Waals surface area (Å²) in [6.45, 7) is 8.96. The molecule has 2 heterocycles. The molecule has 0 spiro atoms. The van der Waals surface area contributed by atoms with Crippen LogP contribution in [0.3, 0.4) is 0 Å². The third-order valence-corrected chi connectivity index (χ3v) is 5.09. The Balaban J connectivity index is 1.38. The van der Waals surface area contributed by atoms with Crippen molar-refractivity contribution in [1.82, 2.24) is 14.7 Å². The normalized spacial score (nSPS) is 24.2. The second kappa shape index (κ2) is 9.45. The van der Waals surface area contributed by atoms with E-state index in [0.717, 1.165) is 26.2 Å². The van der Waals surface area contributed by atoms with Gasteiger partial charge in [0.2, 0.25) is 11.8 Å². The first kappa shape index (κ1) is 20.7. The molecule has 28 heavy (non-hydrogen) atoms. The number of halogens is 1. The average Bonchev–Trinajstić information content (AvgIpc) is 2.64. The standard InChI is InChI=1S/C20H29FN4O3/c1-15-11-25(12-16(2)28-15)20(27)14-24-9-7-23(8-10-24)13-19(26)22-18-5-3-17(21)4-6-18/h3-6,15-16H,7-14H2,1-2H3,(H,22,26)/t15-,16-/m0/s1. The highest BCUT2D eigenvalue weighted by molar-refractivity contribution is 5.92. The summed E-state index contributed by atoms with van der Waals surface area (Å²) in [5.41, 5.74) is 0.588. The molecule has 7 nitrogen and oxygen atoms in total. The van der Waals surface area contributed by atoms with Gasteiger partial charge in [-0.15, -0.1) is 0 Å². The van der Waals surface area contributed by atoms with Gasteiger partial charge in [-0.3, -0.25) is 19.4 Å². The highest BCUT2D eigenvalue weighted by Gasteiger charge is 2.28. The maximum absolute atomic E-state index is 12.9. The van der Waals surface area contributed by atoms with Crippen molar-refractivity contribution in [3.63, 3.8) is 0 Å². The van der Waals surface area contributed by atoms with Crippen LogP contribution < -0.4 is 5.32 Å². The van der Waals surface area contributed by atoms with Crippen molar-refractivity contribution < 1.29 is 18.7 Å². The first-order valence-corrected chi connectivity index (χ1v) is 9.82. The van der Waals surface area contributed by atoms with E-state index in [1.807, 2.05) is 18.7 Å². The SMILES string of the molecule is C[C@H]1CN(C(=O)CN2CCN(CC(=O)Nc3ccc(F)cc3)CC2)C[C@H](C)O1. The van der Waals surface area contributed by atoms with Crippen molar-refractivity contribution in [1.29, 1.82) is 0 Å². The molecule has 0 unspecified atom stereocenters. The van der Waals surface area contributed by atoms with E-state index in [0.29, 0.717) is 25.3 Å². The van der Waals surface area contributed by atoms with Gasteiger partial charge in [0.1, 0.15) is 5.82 Å². The highest BCUT2D eigenvalue weighted by atomic mass is 19.1. The predicted molar refractivity (Wildman–Crippen MR) is 104 cm³/mol. The molecule has 0 saturated carbocycles. The van der Waals surface area contributed by atoms with Gasteiger partial charge in [0.15, 0.2) is 0 Å². The summed E-state index contributed by atoms with van der Waals surface area (Å²) in [5.74, 6) is -0.304. The summed E-state index contributed by atoms with van der Waals surface area (Å²) in [4.78, 5) is 30.8. The third-order valence-electron chi connectivity index (χ3n) is 5.09. The first-order chi connectivity index (χ1) is 13.4.